The fourth-order valence-electron chi connectivity index (χ4n) is 4.36. The Balaban J connectivity index is 1.31. The van der Waals surface area contributed by atoms with Crippen molar-refractivity contribution in [3.8, 4) is 0 Å². The Morgan fingerprint density at radius 3 is 2.57 bits per heavy atom. The van der Waals surface area contributed by atoms with Crippen LogP contribution in [0.1, 0.15) is 22.3 Å². The molecule has 1 aromatic carbocycles. The van der Waals surface area contributed by atoms with Crippen LogP contribution in [0.4, 0.5) is 17.2 Å². The molecule has 0 radical (unpaired) electrons. The van der Waals surface area contributed by atoms with Gasteiger partial charge in [-0.3, -0.25) is 9.78 Å². The number of aryl methyl sites for hydroxylation is 1. The molecule has 0 unspecified atom stereocenters. The van der Waals surface area contributed by atoms with Gasteiger partial charge in [-0.1, -0.05) is 24.3 Å². The van der Waals surface area contributed by atoms with Crippen molar-refractivity contribution in [3.05, 3.63) is 78.2 Å². The van der Waals surface area contributed by atoms with Gasteiger partial charge >= 0.3 is 0 Å². The zero-order valence-corrected chi connectivity index (χ0v) is 16.9. The first-order valence-electron chi connectivity index (χ1n) is 10.6. The minimum atomic E-state index is 0.0512. The quantitative estimate of drug-likeness (QED) is 0.675. The van der Waals surface area contributed by atoms with Gasteiger partial charge in [-0.05, 0) is 42.7 Å². The molecule has 6 nitrogen and oxygen atoms in total. The summed E-state index contributed by atoms with van der Waals surface area (Å²) in [6, 6.07) is 16.4. The molecule has 6 heteroatoms. The summed E-state index contributed by atoms with van der Waals surface area (Å²) in [5, 5.41) is 0. The molecule has 3 aromatic rings. The minimum Gasteiger partial charge on any atom is -0.353 e. The number of amides is 1. The molecule has 2 aromatic heterocycles. The van der Waals surface area contributed by atoms with E-state index in [9.17, 15) is 4.79 Å². The smallest absolute Gasteiger partial charge is 0.255 e. The second kappa shape index (κ2) is 8.14. The first-order chi connectivity index (χ1) is 14.8. The highest BCUT2D eigenvalue weighted by atomic mass is 16.2. The number of piperazine rings is 1. The molecular formula is C24H25N5O. The van der Waals surface area contributed by atoms with E-state index in [-0.39, 0.29) is 5.91 Å². The standard InChI is InChI=1S/C24H25N5O/c30-24(28-14-12-27(13-15-28)23-9-3-4-10-26-23)20-16-21(18-25-17-20)29-11-5-7-19-6-1-2-8-22(19)29/h1-4,6,8-10,16-18H,5,7,11-15H2. The monoisotopic (exact) mass is 399 g/mol. The molecule has 0 bridgehead atoms. The predicted octanol–water partition coefficient (Wildman–Crippen LogP) is 3.52. The third kappa shape index (κ3) is 3.61. The van der Waals surface area contributed by atoms with E-state index in [2.05, 4.69) is 44.0 Å². The third-order valence-electron chi connectivity index (χ3n) is 5.93. The molecule has 0 saturated carbocycles. The summed E-state index contributed by atoms with van der Waals surface area (Å²) in [6.07, 6.45) is 7.55. The molecule has 30 heavy (non-hydrogen) atoms. The Labute approximate surface area is 176 Å². The zero-order valence-electron chi connectivity index (χ0n) is 16.9. The predicted molar refractivity (Wildman–Crippen MR) is 118 cm³/mol. The first kappa shape index (κ1) is 18.6. The van der Waals surface area contributed by atoms with Crippen molar-refractivity contribution in [2.24, 2.45) is 0 Å². The topological polar surface area (TPSA) is 52.6 Å². The Kier molecular flexibility index (Phi) is 5.05. The number of nitrogens with zero attached hydrogens (tertiary/aromatic N) is 5. The van der Waals surface area contributed by atoms with E-state index in [1.54, 1.807) is 6.20 Å². The van der Waals surface area contributed by atoms with Gasteiger partial charge in [-0.25, -0.2) is 4.98 Å². The number of fused-ring (bicyclic) bond motifs is 1. The Hall–Kier alpha value is -3.41. The lowest BCUT2D eigenvalue weighted by molar-refractivity contribution is 0.0746. The summed E-state index contributed by atoms with van der Waals surface area (Å²) in [5.41, 5.74) is 4.22. The number of benzene rings is 1. The average Bonchev–Trinajstić information content (AvgIpc) is 2.84. The van der Waals surface area contributed by atoms with Gasteiger partial charge in [0, 0.05) is 50.8 Å². The number of carbonyl (C=O) groups is 1. The van der Waals surface area contributed by atoms with Crippen LogP contribution in [0, 0.1) is 0 Å². The van der Waals surface area contributed by atoms with Crippen molar-refractivity contribution in [2.75, 3.05) is 42.5 Å². The van der Waals surface area contributed by atoms with Crippen molar-refractivity contribution in [2.45, 2.75) is 12.8 Å². The molecule has 1 amide bonds. The van der Waals surface area contributed by atoms with Crippen LogP contribution in [0.3, 0.4) is 0 Å². The van der Waals surface area contributed by atoms with E-state index < -0.39 is 0 Å². The molecule has 0 N–H and O–H groups in total. The fraction of sp³-hybridized carbons (Fsp3) is 0.292. The van der Waals surface area contributed by atoms with Gasteiger partial charge in [0.25, 0.3) is 5.91 Å². The van der Waals surface area contributed by atoms with Crippen LogP contribution in [0.25, 0.3) is 0 Å². The van der Waals surface area contributed by atoms with E-state index >= 15 is 0 Å². The lowest BCUT2D eigenvalue weighted by Crippen LogP contribution is -2.49. The Morgan fingerprint density at radius 1 is 0.900 bits per heavy atom. The summed E-state index contributed by atoms with van der Waals surface area (Å²) in [6.45, 7) is 3.89. The Morgan fingerprint density at radius 2 is 1.73 bits per heavy atom. The molecule has 2 aliphatic heterocycles. The maximum Gasteiger partial charge on any atom is 0.255 e. The summed E-state index contributed by atoms with van der Waals surface area (Å²) in [7, 11) is 0. The molecule has 4 heterocycles. The van der Waals surface area contributed by atoms with Crippen LogP contribution in [0.2, 0.25) is 0 Å². The molecular weight excluding hydrogens is 374 g/mol. The lowest BCUT2D eigenvalue weighted by atomic mass is 10.0. The number of hydrogen-bond acceptors (Lipinski definition) is 5. The van der Waals surface area contributed by atoms with Crippen molar-refractivity contribution in [1.82, 2.24) is 14.9 Å². The molecule has 1 fully saturated rings. The maximum atomic E-state index is 13.2. The number of aromatic nitrogens is 2. The summed E-state index contributed by atoms with van der Waals surface area (Å²) < 4.78 is 0. The summed E-state index contributed by atoms with van der Waals surface area (Å²) in [4.78, 5) is 28.4. The number of carbonyl (C=O) groups excluding carboxylic acids is 1. The third-order valence-corrected chi connectivity index (χ3v) is 5.93. The molecule has 152 valence electrons. The van der Waals surface area contributed by atoms with E-state index in [0.717, 1.165) is 44.0 Å². The summed E-state index contributed by atoms with van der Waals surface area (Å²) >= 11 is 0. The van der Waals surface area contributed by atoms with Gasteiger partial charge in [-0.2, -0.15) is 0 Å². The van der Waals surface area contributed by atoms with E-state index in [4.69, 9.17) is 0 Å². The van der Waals surface area contributed by atoms with E-state index in [1.807, 2.05) is 41.6 Å². The average molecular weight is 399 g/mol. The van der Waals surface area contributed by atoms with Crippen LogP contribution < -0.4 is 9.80 Å². The van der Waals surface area contributed by atoms with Gasteiger partial charge in [0.1, 0.15) is 5.82 Å². The van der Waals surface area contributed by atoms with Crippen LogP contribution >= 0.6 is 0 Å². The highest BCUT2D eigenvalue weighted by Crippen LogP contribution is 2.33. The van der Waals surface area contributed by atoms with E-state index in [1.165, 1.54) is 11.3 Å². The van der Waals surface area contributed by atoms with Crippen molar-refractivity contribution in [3.63, 3.8) is 0 Å². The largest absolute Gasteiger partial charge is 0.353 e. The van der Waals surface area contributed by atoms with Crippen LogP contribution in [-0.2, 0) is 6.42 Å². The van der Waals surface area contributed by atoms with Gasteiger partial charge in [0.2, 0.25) is 0 Å². The second-order valence-corrected chi connectivity index (χ2v) is 7.78. The van der Waals surface area contributed by atoms with Gasteiger partial charge < -0.3 is 14.7 Å². The van der Waals surface area contributed by atoms with E-state index in [0.29, 0.717) is 18.7 Å². The molecule has 0 spiro atoms. The normalized spacial score (nSPS) is 16.3. The number of hydrogen-bond donors (Lipinski definition) is 0. The fourth-order valence-corrected chi connectivity index (χ4v) is 4.36. The maximum absolute atomic E-state index is 13.2. The lowest BCUT2D eigenvalue weighted by Gasteiger charge is -2.35. The number of anilines is 3. The summed E-state index contributed by atoms with van der Waals surface area (Å²) in [5.74, 6) is 1.02. The van der Waals surface area contributed by atoms with Crippen LogP contribution in [0.15, 0.2) is 67.1 Å². The highest BCUT2D eigenvalue weighted by Gasteiger charge is 2.24. The Bertz CT molecular complexity index is 1030. The molecule has 0 aliphatic carbocycles. The number of pyridine rings is 2. The second-order valence-electron chi connectivity index (χ2n) is 7.78. The van der Waals surface area contributed by atoms with Gasteiger partial charge in [0.05, 0.1) is 17.4 Å². The molecule has 1 saturated heterocycles. The molecule has 2 aliphatic rings. The molecule has 5 rings (SSSR count). The highest BCUT2D eigenvalue weighted by molar-refractivity contribution is 5.95. The SMILES string of the molecule is O=C(c1cncc(N2CCCc3ccccc32)c1)N1CCN(c2ccccn2)CC1. The van der Waals surface area contributed by atoms with Crippen molar-refractivity contribution in [1.29, 1.82) is 0 Å². The first-order valence-corrected chi connectivity index (χ1v) is 10.6. The van der Waals surface area contributed by atoms with Gasteiger partial charge in [0.15, 0.2) is 0 Å². The number of rotatable bonds is 3. The van der Waals surface area contributed by atoms with Crippen molar-refractivity contribution < 1.29 is 4.79 Å². The minimum absolute atomic E-state index is 0.0512. The van der Waals surface area contributed by atoms with Crippen molar-refractivity contribution >= 4 is 23.1 Å². The van der Waals surface area contributed by atoms with Gasteiger partial charge in [-0.15, -0.1) is 0 Å². The number of para-hydroxylation sites is 1. The molecule has 0 atom stereocenters. The van der Waals surface area contributed by atoms with Crippen LogP contribution in [0.5, 0.6) is 0 Å². The zero-order chi connectivity index (χ0) is 20.3. The van der Waals surface area contributed by atoms with Crippen LogP contribution in [-0.4, -0.2) is 53.5 Å².